The second-order valence-corrected chi connectivity index (χ2v) is 6.72. The molecule has 1 amide bonds. The molecule has 20 heavy (non-hydrogen) atoms. The van der Waals surface area contributed by atoms with Gasteiger partial charge in [-0.05, 0) is 19.8 Å². The monoisotopic (exact) mass is 296 g/mol. The van der Waals surface area contributed by atoms with Gasteiger partial charge in [0.2, 0.25) is 5.91 Å². The van der Waals surface area contributed by atoms with Crippen molar-refractivity contribution in [3.8, 4) is 0 Å². The smallest absolute Gasteiger partial charge is 0.233 e. The van der Waals surface area contributed by atoms with Crippen molar-refractivity contribution in [1.29, 1.82) is 0 Å². The molecule has 2 rings (SSSR count). The Balaban J connectivity index is 1.88. The summed E-state index contributed by atoms with van der Waals surface area (Å²) in [6, 6.07) is 0.366. The van der Waals surface area contributed by atoms with Crippen LogP contribution in [0.25, 0.3) is 0 Å². The number of hydrogen-bond acceptors (Lipinski definition) is 4. The normalized spacial score (nSPS) is 17.9. The molecule has 112 valence electrons. The second kappa shape index (κ2) is 7.11. The maximum absolute atomic E-state index is 12.2. The molecule has 5 nitrogen and oxygen atoms in total. The Morgan fingerprint density at radius 2 is 2.10 bits per heavy atom. The molecule has 1 N–H and O–H groups in total. The Labute approximate surface area is 124 Å². The molecule has 1 aromatic rings. The van der Waals surface area contributed by atoms with Gasteiger partial charge >= 0.3 is 0 Å². The molecule has 1 aliphatic carbocycles. The number of aromatic nitrogens is 3. The standard InChI is InChI=1S/C14H24N4OS/c1-4-12-16-17-14(18(12)3)20-10(2)13(19)15-11-8-6-5-7-9-11/h10-11H,4-9H2,1-3H3,(H,15,19). The first-order valence-corrected chi connectivity index (χ1v) is 8.35. The van der Waals surface area contributed by atoms with E-state index in [1.807, 2.05) is 18.5 Å². The summed E-state index contributed by atoms with van der Waals surface area (Å²) in [5.41, 5.74) is 0. The highest BCUT2D eigenvalue weighted by molar-refractivity contribution is 8.00. The topological polar surface area (TPSA) is 59.8 Å². The first-order valence-electron chi connectivity index (χ1n) is 7.47. The molecule has 1 atom stereocenters. The third kappa shape index (κ3) is 3.75. The van der Waals surface area contributed by atoms with E-state index in [4.69, 9.17) is 0 Å². The Morgan fingerprint density at radius 3 is 2.70 bits per heavy atom. The summed E-state index contributed by atoms with van der Waals surface area (Å²) >= 11 is 1.48. The Morgan fingerprint density at radius 1 is 1.40 bits per heavy atom. The lowest BCUT2D eigenvalue weighted by molar-refractivity contribution is -0.121. The van der Waals surface area contributed by atoms with E-state index in [1.54, 1.807) is 0 Å². The Kier molecular flexibility index (Phi) is 5.46. The van der Waals surface area contributed by atoms with E-state index in [0.29, 0.717) is 6.04 Å². The van der Waals surface area contributed by atoms with Crippen molar-refractivity contribution < 1.29 is 4.79 Å². The minimum Gasteiger partial charge on any atom is -0.352 e. The predicted octanol–water partition coefficient (Wildman–Crippen LogP) is 2.31. The van der Waals surface area contributed by atoms with Gasteiger partial charge in [0.15, 0.2) is 5.16 Å². The van der Waals surface area contributed by atoms with E-state index in [0.717, 1.165) is 30.2 Å². The summed E-state index contributed by atoms with van der Waals surface area (Å²) in [7, 11) is 1.95. The zero-order valence-electron chi connectivity index (χ0n) is 12.6. The third-order valence-corrected chi connectivity index (χ3v) is 4.98. The van der Waals surface area contributed by atoms with Crippen molar-refractivity contribution >= 4 is 17.7 Å². The Hall–Kier alpha value is -1.04. The maximum Gasteiger partial charge on any atom is 0.233 e. The summed E-state index contributed by atoms with van der Waals surface area (Å²) in [5.74, 6) is 1.07. The van der Waals surface area contributed by atoms with Crippen LogP contribution >= 0.6 is 11.8 Å². The number of rotatable bonds is 5. The summed E-state index contributed by atoms with van der Waals surface area (Å²) in [6.07, 6.45) is 6.85. The summed E-state index contributed by atoms with van der Waals surface area (Å²) in [4.78, 5) is 12.2. The maximum atomic E-state index is 12.2. The number of thioether (sulfide) groups is 1. The van der Waals surface area contributed by atoms with E-state index in [2.05, 4.69) is 22.4 Å². The van der Waals surface area contributed by atoms with E-state index in [9.17, 15) is 4.79 Å². The first-order chi connectivity index (χ1) is 9.61. The zero-order valence-corrected chi connectivity index (χ0v) is 13.4. The van der Waals surface area contributed by atoms with Crippen molar-refractivity contribution in [2.45, 2.75) is 68.8 Å². The van der Waals surface area contributed by atoms with Gasteiger partial charge in [-0.25, -0.2) is 0 Å². The van der Waals surface area contributed by atoms with Gasteiger partial charge in [-0.3, -0.25) is 4.79 Å². The molecule has 1 fully saturated rings. The van der Waals surface area contributed by atoms with Crippen molar-refractivity contribution in [3.63, 3.8) is 0 Å². The fourth-order valence-electron chi connectivity index (χ4n) is 2.53. The van der Waals surface area contributed by atoms with E-state index in [-0.39, 0.29) is 11.2 Å². The van der Waals surface area contributed by atoms with Gasteiger partial charge < -0.3 is 9.88 Å². The van der Waals surface area contributed by atoms with Crippen LogP contribution in [-0.4, -0.2) is 32.0 Å². The first kappa shape index (κ1) is 15.4. The van der Waals surface area contributed by atoms with Crippen LogP contribution in [-0.2, 0) is 18.3 Å². The largest absolute Gasteiger partial charge is 0.352 e. The summed E-state index contributed by atoms with van der Waals surface area (Å²) in [5, 5.41) is 12.1. The third-order valence-electron chi connectivity index (χ3n) is 3.84. The number of aryl methyl sites for hydroxylation is 1. The van der Waals surface area contributed by atoms with Crippen LogP contribution in [0.1, 0.15) is 51.8 Å². The molecular formula is C14H24N4OS. The zero-order chi connectivity index (χ0) is 14.5. The van der Waals surface area contributed by atoms with Gasteiger partial charge in [-0.2, -0.15) is 0 Å². The number of carbonyl (C=O) groups excluding carboxylic acids is 1. The average molecular weight is 296 g/mol. The van der Waals surface area contributed by atoms with E-state index >= 15 is 0 Å². The molecule has 0 saturated heterocycles. The minimum absolute atomic E-state index is 0.114. The Bertz CT molecular complexity index is 454. The lowest BCUT2D eigenvalue weighted by Crippen LogP contribution is -2.40. The van der Waals surface area contributed by atoms with Crippen LogP contribution in [0.15, 0.2) is 5.16 Å². The van der Waals surface area contributed by atoms with Crippen LogP contribution in [0.2, 0.25) is 0 Å². The molecule has 6 heteroatoms. The van der Waals surface area contributed by atoms with Crippen LogP contribution < -0.4 is 5.32 Å². The molecule has 1 saturated carbocycles. The number of nitrogens with one attached hydrogen (secondary N) is 1. The number of nitrogens with zero attached hydrogens (tertiary/aromatic N) is 3. The number of carbonyl (C=O) groups is 1. The minimum atomic E-state index is -0.135. The highest BCUT2D eigenvalue weighted by Crippen LogP contribution is 2.23. The molecule has 0 spiro atoms. The average Bonchev–Trinajstić information content (AvgIpc) is 2.80. The molecule has 0 aromatic carbocycles. The van der Waals surface area contributed by atoms with Gasteiger partial charge in [0.05, 0.1) is 5.25 Å². The van der Waals surface area contributed by atoms with Gasteiger partial charge in [0, 0.05) is 19.5 Å². The number of amides is 1. The SMILES string of the molecule is CCc1nnc(SC(C)C(=O)NC2CCCCC2)n1C. The fraction of sp³-hybridized carbons (Fsp3) is 0.786. The van der Waals surface area contributed by atoms with Gasteiger partial charge in [0.25, 0.3) is 0 Å². The molecule has 1 unspecified atom stereocenters. The van der Waals surface area contributed by atoms with E-state index < -0.39 is 0 Å². The van der Waals surface area contributed by atoms with Gasteiger partial charge in [0.1, 0.15) is 5.82 Å². The van der Waals surface area contributed by atoms with Gasteiger partial charge in [-0.15, -0.1) is 10.2 Å². The van der Waals surface area contributed by atoms with Gasteiger partial charge in [-0.1, -0.05) is 37.9 Å². The molecule has 1 heterocycles. The van der Waals surface area contributed by atoms with Crippen LogP contribution in [0.3, 0.4) is 0 Å². The van der Waals surface area contributed by atoms with Crippen molar-refractivity contribution in [3.05, 3.63) is 5.82 Å². The second-order valence-electron chi connectivity index (χ2n) is 5.41. The van der Waals surface area contributed by atoms with Crippen LogP contribution in [0.4, 0.5) is 0 Å². The van der Waals surface area contributed by atoms with Crippen LogP contribution in [0.5, 0.6) is 0 Å². The highest BCUT2D eigenvalue weighted by atomic mass is 32.2. The molecule has 0 aliphatic heterocycles. The summed E-state index contributed by atoms with van der Waals surface area (Å²) in [6.45, 7) is 3.99. The lowest BCUT2D eigenvalue weighted by atomic mass is 9.95. The highest BCUT2D eigenvalue weighted by Gasteiger charge is 2.22. The number of hydrogen-bond donors (Lipinski definition) is 1. The summed E-state index contributed by atoms with van der Waals surface area (Å²) < 4.78 is 1.97. The molecular weight excluding hydrogens is 272 g/mol. The van der Waals surface area contributed by atoms with Crippen molar-refractivity contribution in [1.82, 2.24) is 20.1 Å². The molecule has 1 aliphatic rings. The fourth-order valence-corrected chi connectivity index (χ4v) is 3.38. The quantitative estimate of drug-likeness (QED) is 0.847. The van der Waals surface area contributed by atoms with E-state index in [1.165, 1.54) is 31.0 Å². The van der Waals surface area contributed by atoms with Crippen molar-refractivity contribution in [2.75, 3.05) is 0 Å². The van der Waals surface area contributed by atoms with Crippen LogP contribution in [0, 0.1) is 0 Å². The molecule has 0 radical (unpaired) electrons. The molecule has 0 bridgehead atoms. The molecule has 1 aromatic heterocycles. The van der Waals surface area contributed by atoms with Crippen molar-refractivity contribution in [2.24, 2.45) is 7.05 Å². The predicted molar refractivity (Wildman–Crippen MR) is 80.7 cm³/mol. The lowest BCUT2D eigenvalue weighted by Gasteiger charge is -2.24.